The van der Waals surface area contributed by atoms with Crippen LogP contribution in [0.5, 0.6) is 0 Å². The Morgan fingerprint density at radius 3 is 1.60 bits per heavy atom. The van der Waals surface area contributed by atoms with Crippen molar-refractivity contribution in [3.8, 4) is 0 Å². The van der Waals surface area contributed by atoms with Crippen LogP contribution in [0.1, 0.15) is 46.3 Å². The highest BCUT2D eigenvalue weighted by Gasteiger charge is 2.16. The fraction of sp³-hybridized carbons (Fsp3) is 0.368. The van der Waals surface area contributed by atoms with Crippen LogP contribution in [0.25, 0.3) is 0 Å². The smallest absolute Gasteiger partial charge is 0.0581 e. The summed E-state index contributed by atoms with van der Waals surface area (Å²) in [6.45, 7) is 11.8. The van der Waals surface area contributed by atoms with Crippen molar-refractivity contribution in [1.82, 2.24) is 5.32 Å². The third-order valence-electron chi connectivity index (χ3n) is 3.88. The highest BCUT2D eigenvalue weighted by atomic mass is 14.9. The van der Waals surface area contributed by atoms with Crippen molar-refractivity contribution in [2.24, 2.45) is 0 Å². The molecule has 20 heavy (non-hydrogen) atoms. The summed E-state index contributed by atoms with van der Waals surface area (Å²) >= 11 is 0. The maximum atomic E-state index is 3.64. The molecule has 0 heterocycles. The average molecular weight is 267 g/mol. The molecule has 0 aromatic heterocycles. The predicted octanol–water partition coefficient (Wildman–Crippen LogP) is 4.62. The zero-order valence-corrected chi connectivity index (χ0v) is 13.2. The molecule has 0 aliphatic rings. The van der Waals surface area contributed by atoms with Gasteiger partial charge in [0.15, 0.2) is 0 Å². The lowest BCUT2D eigenvalue weighted by molar-refractivity contribution is 0.624. The van der Waals surface area contributed by atoms with E-state index in [0.29, 0.717) is 0 Å². The normalized spacial score (nSPS) is 11.1. The maximum absolute atomic E-state index is 3.64. The van der Waals surface area contributed by atoms with Gasteiger partial charge in [-0.1, -0.05) is 54.4 Å². The van der Waals surface area contributed by atoms with Crippen LogP contribution in [0.15, 0.2) is 36.4 Å². The largest absolute Gasteiger partial charge is 0.307 e. The molecule has 0 fully saturated rings. The Balaban J connectivity index is 2.50. The summed E-state index contributed by atoms with van der Waals surface area (Å²) < 4.78 is 0. The Bertz CT molecular complexity index is 547. The van der Waals surface area contributed by atoms with Crippen LogP contribution >= 0.6 is 0 Å². The minimum absolute atomic E-state index is 0.279. The maximum Gasteiger partial charge on any atom is 0.0581 e. The molecular weight excluding hydrogens is 242 g/mol. The standard InChI is InChI=1S/C19H25N/c1-6-20-19(17-9-7-13(2)11-15(17)4)18-10-8-14(3)12-16(18)5/h7-12,19-20H,6H2,1-5H3. The van der Waals surface area contributed by atoms with Gasteiger partial charge >= 0.3 is 0 Å². The molecule has 0 aliphatic carbocycles. The second kappa shape index (κ2) is 6.23. The highest BCUT2D eigenvalue weighted by molar-refractivity contribution is 5.42. The second-order valence-electron chi connectivity index (χ2n) is 5.71. The van der Waals surface area contributed by atoms with E-state index in [9.17, 15) is 0 Å². The van der Waals surface area contributed by atoms with E-state index in [-0.39, 0.29) is 6.04 Å². The number of nitrogens with one attached hydrogen (secondary N) is 1. The van der Waals surface area contributed by atoms with Crippen LogP contribution in [0, 0.1) is 27.7 Å². The van der Waals surface area contributed by atoms with Crippen molar-refractivity contribution in [1.29, 1.82) is 0 Å². The van der Waals surface area contributed by atoms with Crippen molar-refractivity contribution >= 4 is 0 Å². The summed E-state index contributed by atoms with van der Waals surface area (Å²) in [4.78, 5) is 0. The molecule has 0 saturated carbocycles. The molecule has 0 amide bonds. The molecule has 0 spiro atoms. The topological polar surface area (TPSA) is 12.0 Å². The van der Waals surface area contributed by atoms with E-state index in [1.54, 1.807) is 0 Å². The van der Waals surface area contributed by atoms with Gasteiger partial charge in [-0.25, -0.2) is 0 Å². The van der Waals surface area contributed by atoms with Crippen molar-refractivity contribution in [3.63, 3.8) is 0 Å². The first-order valence-electron chi connectivity index (χ1n) is 7.40. The van der Waals surface area contributed by atoms with Gasteiger partial charge in [-0.2, -0.15) is 0 Å². The van der Waals surface area contributed by atoms with Gasteiger partial charge in [-0.3, -0.25) is 0 Å². The van der Waals surface area contributed by atoms with Crippen molar-refractivity contribution in [3.05, 3.63) is 69.8 Å². The summed E-state index contributed by atoms with van der Waals surface area (Å²) in [6, 6.07) is 13.7. The molecule has 1 heteroatoms. The molecule has 0 saturated heterocycles. The zero-order chi connectivity index (χ0) is 14.7. The molecule has 0 atom stereocenters. The molecule has 0 radical (unpaired) electrons. The number of benzene rings is 2. The van der Waals surface area contributed by atoms with Crippen molar-refractivity contribution in [2.45, 2.75) is 40.7 Å². The number of hydrogen-bond acceptors (Lipinski definition) is 1. The average Bonchev–Trinajstić information content (AvgIpc) is 2.37. The summed E-state index contributed by atoms with van der Waals surface area (Å²) in [6.07, 6.45) is 0. The van der Waals surface area contributed by atoms with Gasteiger partial charge in [0.25, 0.3) is 0 Å². The van der Waals surface area contributed by atoms with Crippen LogP contribution in [0.3, 0.4) is 0 Å². The molecule has 0 bridgehead atoms. The van der Waals surface area contributed by atoms with Gasteiger partial charge in [0, 0.05) is 0 Å². The Labute approximate surface area is 123 Å². The van der Waals surface area contributed by atoms with Crippen LogP contribution in [0.4, 0.5) is 0 Å². The number of rotatable bonds is 4. The van der Waals surface area contributed by atoms with Crippen molar-refractivity contribution in [2.75, 3.05) is 6.54 Å². The lowest BCUT2D eigenvalue weighted by Gasteiger charge is -2.23. The molecule has 2 aromatic carbocycles. The van der Waals surface area contributed by atoms with E-state index in [1.165, 1.54) is 33.4 Å². The van der Waals surface area contributed by atoms with Crippen LogP contribution in [-0.2, 0) is 0 Å². The van der Waals surface area contributed by atoms with E-state index >= 15 is 0 Å². The van der Waals surface area contributed by atoms with E-state index < -0.39 is 0 Å². The van der Waals surface area contributed by atoms with Crippen LogP contribution in [0.2, 0.25) is 0 Å². The Hall–Kier alpha value is -1.60. The summed E-state index contributed by atoms with van der Waals surface area (Å²) in [7, 11) is 0. The highest BCUT2D eigenvalue weighted by Crippen LogP contribution is 2.28. The minimum atomic E-state index is 0.279. The molecule has 0 aliphatic heterocycles. The molecule has 106 valence electrons. The van der Waals surface area contributed by atoms with Gasteiger partial charge < -0.3 is 5.32 Å². The lowest BCUT2D eigenvalue weighted by atomic mass is 9.90. The van der Waals surface area contributed by atoms with E-state index in [2.05, 4.69) is 76.3 Å². The van der Waals surface area contributed by atoms with E-state index in [4.69, 9.17) is 0 Å². The number of hydrogen-bond donors (Lipinski definition) is 1. The van der Waals surface area contributed by atoms with Crippen LogP contribution < -0.4 is 5.32 Å². The SMILES string of the molecule is CCNC(c1ccc(C)cc1C)c1ccc(C)cc1C. The first kappa shape index (κ1) is 14.8. The Morgan fingerprint density at radius 1 is 0.800 bits per heavy atom. The Morgan fingerprint density at radius 2 is 1.25 bits per heavy atom. The summed E-state index contributed by atoms with van der Waals surface area (Å²) in [5.41, 5.74) is 8.12. The van der Waals surface area contributed by atoms with Gasteiger partial charge in [0.05, 0.1) is 6.04 Å². The van der Waals surface area contributed by atoms with Gasteiger partial charge in [0.2, 0.25) is 0 Å². The zero-order valence-electron chi connectivity index (χ0n) is 13.2. The van der Waals surface area contributed by atoms with Crippen molar-refractivity contribution < 1.29 is 0 Å². The quantitative estimate of drug-likeness (QED) is 0.852. The lowest BCUT2D eigenvalue weighted by Crippen LogP contribution is -2.23. The first-order valence-corrected chi connectivity index (χ1v) is 7.40. The number of aryl methyl sites for hydroxylation is 4. The fourth-order valence-corrected chi connectivity index (χ4v) is 2.89. The molecule has 0 unspecified atom stereocenters. The minimum Gasteiger partial charge on any atom is -0.307 e. The summed E-state index contributed by atoms with van der Waals surface area (Å²) in [5, 5.41) is 3.64. The van der Waals surface area contributed by atoms with E-state index in [1.807, 2.05) is 0 Å². The fourth-order valence-electron chi connectivity index (χ4n) is 2.89. The first-order chi connectivity index (χ1) is 9.52. The predicted molar refractivity (Wildman–Crippen MR) is 87.4 cm³/mol. The third-order valence-corrected chi connectivity index (χ3v) is 3.88. The van der Waals surface area contributed by atoms with Gasteiger partial charge in [-0.15, -0.1) is 0 Å². The third kappa shape index (κ3) is 3.10. The molecule has 1 nitrogen and oxygen atoms in total. The Kier molecular flexibility index (Phi) is 4.61. The van der Waals surface area contributed by atoms with E-state index in [0.717, 1.165) is 6.54 Å². The van der Waals surface area contributed by atoms with Crippen LogP contribution in [-0.4, -0.2) is 6.54 Å². The monoisotopic (exact) mass is 267 g/mol. The van der Waals surface area contributed by atoms with Gasteiger partial charge in [0.1, 0.15) is 0 Å². The molecule has 2 aromatic rings. The molecule has 2 rings (SSSR count). The summed E-state index contributed by atoms with van der Waals surface area (Å²) in [5.74, 6) is 0. The molecule has 1 N–H and O–H groups in total. The van der Waals surface area contributed by atoms with Gasteiger partial charge in [-0.05, 0) is 56.5 Å². The second-order valence-corrected chi connectivity index (χ2v) is 5.71. The molecular formula is C19H25N.